The van der Waals surface area contributed by atoms with E-state index in [4.69, 9.17) is 15.5 Å². The number of carbonyl (C=O) groups excluding carboxylic acids is 1. The molecule has 0 aliphatic heterocycles. The highest BCUT2D eigenvalue weighted by Gasteiger charge is 2.50. The molecule has 0 aliphatic rings. The molecule has 0 aromatic heterocycles. The molecule has 0 aromatic carbocycles. The van der Waals surface area contributed by atoms with Crippen molar-refractivity contribution in [3.05, 3.63) is 0 Å². The van der Waals surface area contributed by atoms with Gasteiger partial charge in [0.1, 0.15) is 5.92 Å². The Balaban J connectivity index is 3.95. The van der Waals surface area contributed by atoms with Crippen molar-refractivity contribution < 1.29 is 49.7 Å². The highest BCUT2D eigenvalue weighted by Crippen LogP contribution is 2.29. The Kier molecular flexibility index (Phi) is 16.2. The van der Waals surface area contributed by atoms with Crippen LogP contribution in [0.2, 0.25) is 0 Å². The van der Waals surface area contributed by atoms with Crippen LogP contribution >= 0.6 is 0 Å². The van der Waals surface area contributed by atoms with Crippen LogP contribution in [0.15, 0.2) is 0 Å². The number of aliphatic carboxylic acids is 3. The zero-order valence-electron chi connectivity index (χ0n) is 18.7. The maximum absolute atomic E-state index is 11.7. The standard InChI is InChI=1S/C22H38O10/c23-18(24)15-13-11-9-7-5-3-1-2-4-6-8-10-12-14-17(20(27)32-31)22(30,21(28)29)16-19(25)26/h17,30-31H,1-16H2,(H,23,24)(H,25,26)(H,28,29). The highest BCUT2D eigenvalue weighted by molar-refractivity contribution is 5.90. The van der Waals surface area contributed by atoms with Crippen molar-refractivity contribution in [2.75, 3.05) is 0 Å². The molecule has 5 N–H and O–H groups in total. The van der Waals surface area contributed by atoms with E-state index in [0.717, 1.165) is 70.6 Å². The zero-order chi connectivity index (χ0) is 24.4. The second kappa shape index (κ2) is 17.4. The van der Waals surface area contributed by atoms with Crippen molar-refractivity contribution in [1.29, 1.82) is 0 Å². The van der Waals surface area contributed by atoms with Gasteiger partial charge in [0.05, 0.1) is 6.42 Å². The number of hydrogen-bond donors (Lipinski definition) is 5. The van der Waals surface area contributed by atoms with Crippen molar-refractivity contribution >= 4 is 23.9 Å². The summed E-state index contributed by atoms with van der Waals surface area (Å²) in [6.07, 6.45) is 11.4. The maximum atomic E-state index is 11.7. The number of aliphatic hydroxyl groups is 1. The first-order valence-corrected chi connectivity index (χ1v) is 11.4. The summed E-state index contributed by atoms with van der Waals surface area (Å²) in [7, 11) is 0. The highest BCUT2D eigenvalue weighted by atomic mass is 17.1. The molecule has 0 bridgehead atoms. The Morgan fingerprint density at radius 1 is 0.656 bits per heavy atom. The third kappa shape index (κ3) is 13.3. The minimum atomic E-state index is -2.85. The summed E-state index contributed by atoms with van der Waals surface area (Å²) in [6.45, 7) is 0. The number of carboxylic acids is 3. The van der Waals surface area contributed by atoms with E-state index in [-0.39, 0.29) is 12.8 Å². The van der Waals surface area contributed by atoms with Crippen LogP contribution in [0.1, 0.15) is 103 Å². The number of unbranched alkanes of at least 4 members (excludes halogenated alkanes) is 12. The second-order valence-electron chi connectivity index (χ2n) is 8.29. The summed E-state index contributed by atoms with van der Waals surface area (Å²) in [5.41, 5.74) is -2.85. The first-order valence-electron chi connectivity index (χ1n) is 11.4. The van der Waals surface area contributed by atoms with Crippen LogP contribution in [0.5, 0.6) is 0 Å². The molecule has 2 atom stereocenters. The van der Waals surface area contributed by atoms with Gasteiger partial charge >= 0.3 is 23.9 Å². The Morgan fingerprint density at radius 3 is 1.41 bits per heavy atom. The first-order chi connectivity index (χ1) is 15.1. The third-order valence-corrected chi connectivity index (χ3v) is 5.63. The molecule has 0 fully saturated rings. The molecule has 0 rings (SSSR count). The molecule has 0 saturated heterocycles. The number of rotatable bonds is 21. The smallest absolute Gasteiger partial charge is 0.348 e. The van der Waals surface area contributed by atoms with E-state index in [9.17, 15) is 29.4 Å². The van der Waals surface area contributed by atoms with E-state index >= 15 is 0 Å². The molecular formula is C22H38O10. The average Bonchev–Trinajstić information content (AvgIpc) is 2.72. The molecular weight excluding hydrogens is 424 g/mol. The minimum absolute atomic E-state index is 0.109. The second-order valence-corrected chi connectivity index (χ2v) is 8.29. The largest absolute Gasteiger partial charge is 0.481 e. The molecule has 0 saturated carbocycles. The Morgan fingerprint density at radius 2 is 1.06 bits per heavy atom. The van der Waals surface area contributed by atoms with Gasteiger partial charge in [-0.25, -0.2) is 9.59 Å². The normalized spacial score (nSPS) is 13.8. The van der Waals surface area contributed by atoms with Crippen LogP contribution in [0.3, 0.4) is 0 Å². The fraction of sp³-hybridized carbons (Fsp3) is 0.818. The molecule has 2 unspecified atom stereocenters. The molecule has 0 spiro atoms. The van der Waals surface area contributed by atoms with Gasteiger partial charge in [0.25, 0.3) is 0 Å². The van der Waals surface area contributed by atoms with Gasteiger partial charge in [-0.05, 0) is 12.8 Å². The van der Waals surface area contributed by atoms with Gasteiger partial charge in [-0.1, -0.05) is 77.0 Å². The van der Waals surface area contributed by atoms with E-state index in [1.165, 1.54) is 0 Å². The van der Waals surface area contributed by atoms with Gasteiger partial charge in [0, 0.05) is 6.42 Å². The van der Waals surface area contributed by atoms with Gasteiger partial charge in [-0.2, -0.15) is 5.26 Å². The predicted molar refractivity (Wildman–Crippen MR) is 114 cm³/mol. The molecule has 0 heterocycles. The molecule has 0 radical (unpaired) electrons. The van der Waals surface area contributed by atoms with Crippen molar-refractivity contribution in [2.24, 2.45) is 5.92 Å². The van der Waals surface area contributed by atoms with Gasteiger partial charge in [0.15, 0.2) is 5.60 Å². The predicted octanol–water partition coefficient (Wildman–Crippen LogP) is 3.85. The summed E-state index contributed by atoms with van der Waals surface area (Å²) in [6, 6.07) is 0. The lowest BCUT2D eigenvalue weighted by atomic mass is 9.81. The van der Waals surface area contributed by atoms with Gasteiger partial charge in [0.2, 0.25) is 0 Å². The van der Waals surface area contributed by atoms with Crippen molar-refractivity contribution in [3.8, 4) is 0 Å². The molecule has 0 amide bonds. The van der Waals surface area contributed by atoms with Crippen LogP contribution in [-0.2, 0) is 24.1 Å². The number of hydrogen-bond acceptors (Lipinski definition) is 7. The van der Waals surface area contributed by atoms with E-state index in [1.54, 1.807) is 0 Å². The van der Waals surface area contributed by atoms with Crippen LogP contribution < -0.4 is 0 Å². The van der Waals surface area contributed by atoms with Crippen LogP contribution in [0, 0.1) is 5.92 Å². The van der Waals surface area contributed by atoms with Gasteiger partial charge < -0.3 is 25.3 Å². The third-order valence-electron chi connectivity index (χ3n) is 5.63. The van der Waals surface area contributed by atoms with E-state index in [0.29, 0.717) is 12.8 Å². The fourth-order valence-corrected chi connectivity index (χ4v) is 3.76. The molecule has 10 nitrogen and oxygen atoms in total. The SMILES string of the molecule is O=C(O)CCCCCCCCCCCCCCCC(C(=O)OO)C(O)(CC(=O)O)C(=O)O. The maximum Gasteiger partial charge on any atom is 0.348 e. The van der Waals surface area contributed by atoms with Crippen LogP contribution in [0.25, 0.3) is 0 Å². The molecule has 10 heteroatoms. The molecule has 0 aliphatic carbocycles. The topological polar surface area (TPSA) is 179 Å². The van der Waals surface area contributed by atoms with Crippen LogP contribution in [-0.4, -0.2) is 55.2 Å². The Bertz CT molecular complexity index is 577. The van der Waals surface area contributed by atoms with Crippen molar-refractivity contribution in [3.63, 3.8) is 0 Å². The summed E-state index contributed by atoms with van der Waals surface area (Å²) < 4.78 is 0. The first kappa shape index (κ1) is 29.8. The summed E-state index contributed by atoms with van der Waals surface area (Å²) in [5, 5.41) is 45.5. The summed E-state index contributed by atoms with van der Waals surface area (Å²) in [5.74, 6) is -7.21. The Labute approximate surface area is 188 Å². The molecule has 186 valence electrons. The average molecular weight is 463 g/mol. The van der Waals surface area contributed by atoms with Crippen molar-refractivity contribution in [1.82, 2.24) is 0 Å². The van der Waals surface area contributed by atoms with Gasteiger partial charge in [-0.3, -0.25) is 9.59 Å². The molecule has 0 aromatic rings. The van der Waals surface area contributed by atoms with E-state index in [2.05, 4.69) is 4.89 Å². The summed E-state index contributed by atoms with van der Waals surface area (Å²) >= 11 is 0. The quantitative estimate of drug-likeness (QED) is 0.0955. The Hall–Kier alpha value is -2.20. The van der Waals surface area contributed by atoms with E-state index < -0.39 is 41.8 Å². The zero-order valence-corrected chi connectivity index (χ0v) is 18.7. The summed E-state index contributed by atoms with van der Waals surface area (Å²) in [4.78, 5) is 48.0. The lowest BCUT2D eigenvalue weighted by molar-refractivity contribution is -0.246. The monoisotopic (exact) mass is 462 g/mol. The fourth-order valence-electron chi connectivity index (χ4n) is 3.76. The van der Waals surface area contributed by atoms with Crippen molar-refractivity contribution in [2.45, 2.75) is 108 Å². The number of carbonyl (C=O) groups is 4. The lowest BCUT2D eigenvalue weighted by Crippen LogP contribution is -2.51. The van der Waals surface area contributed by atoms with E-state index in [1.807, 2.05) is 0 Å². The minimum Gasteiger partial charge on any atom is -0.481 e. The lowest BCUT2D eigenvalue weighted by Gasteiger charge is -2.28. The molecule has 32 heavy (non-hydrogen) atoms. The van der Waals surface area contributed by atoms with Gasteiger partial charge in [-0.15, -0.1) is 0 Å². The number of carboxylic acid groups (broad SMARTS) is 3. The van der Waals surface area contributed by atoms with Crippen LogP contribution in [0.4, 0.5) is 0 Å².